The first kappa shape index (κ1) is 26.2. The number of rotatable bonds is 14. The van der Waals surface area contributed by atoms with Gasteiger partial charge < -0.3 is 24.2 Å². The number of carbonyl (C=O) groups excluding carboxylic acids is 1. The van der Waals surface area contributed by atoms with Gasteiger partial charge in [-0.25, -0.2) is 9.59 Å². The van der Waals surface area contributed by atoms with E-state index >= 15 is 0 Å². The van der Waals surface area contributed by atoms with E-state index in [9.17, 15) is 14.7 Å². The van der Waals surface area contributed by atoms with E-state index in [1.165, 1.54) is 0 Å². The molecule has 2 aromatic rings. The van der Waals surface area contributed by atoms with Gasteiger partial charge in [-0.2, -0.15) is 0 Å². The Kier molecular flexibility index (Phi) is 11.2. The second-order valence-corrected chi connectivity index (χ2v) is 7.81. The van der Waals surface area contributed by atoms with Gasteiger partial charge in [0.05, 0.1) is 6.54 Å². The number of aliphatic carboxylic acids is 1. The Labute approximate surface area is 196 Å². The van der Waals surface area contributed by atoms with Crippen molar-refractivity contribution in [2.24, 2.45) is 0 Å². The van der Waals surface area contributed by atoms with E-state index in [1.54, 1.807) is 30.0 Å². The Bertz CT molecular complexity index is 867. The first-order chi connectivity index (χ1) is 15.9. The molecule has 1 N–H and O–H groups in total. The summed E-state index contributed by atoms with van der Waals surface area (Å²) in [6, 6.07) is 14.7. The van der Waals surface area contributed by atoms with Gasteiger partial charge in [0.25, 0.3) is 0 Å². The molecule has 0 aliphatic rings. The standard InChI is InChI=1S/C26H35NO6/c1-4-6-9-16-27(26(30)33-23-11-8-7-10-20(23)3)17-18-32-22-14-12-21(13-15-22)19-24(25(28)29)31-5-2/h7-8,10-15,24H,4-6,9,16-19H2,1-3H3,(H,28,29). The fourth-order valence-electron chi connectivity index (χ4n) is 3.30. The molecule has 7 heteroatoms. The van der Waals surface area contributed by atoms with Gasteiger partial charge >= 0.3 is 12.1 Å². The fourth-order valence-corrected chi connectivity index (χ4v) is 3.30. The van der Waals surface area contributed by atoms with Gasteiger partial charge in [-0.05, 0) is 49.6 Å². The molecule has 1 amide bonds. The van der Waals surface area contributed by atoms with Crippen LogP contribution in [0.2, 0.25) is 0 Å². The average molecular weight is 458 g/mol. The maximum Gasteiger partial charge on any atom is 0.415 e. The third-order valence-corrected chi connectivity index (χ3v) is 5.20. The second kappa shape index (κ2) is 14.2. The molecule has 0 saturated carbocycles. The summed E-state index contributed by atoms with van der Waals surface area (Å²) in [5, 5.41) is 9.23. The molecular formula is C26H35NO6. The van der Waals surface area contributed by atoms with E-state index in [0.29, 0.717) is 44.2 Å². The predicted octanol–water partition coefficient (Wildman–Crippen LogP) is 5.10. The lowest BCUT2D eigenvalue weighted by atomic mass is 10.1. The number of aryl methyl sites for hydroxylation is 1. The molecule has 7 nitrogen and oxygen atoms in total. The van der Waals surface area contributed by atoms with E-state index in [2.05, 4.69) is 6.92 Å². The van der Waals surface area contributed by atoms with Gasteiger partial charge in [-0.15, -0.1) is 0 Å². The Morgan fingerprint density at radius 2 is 1.73 bits per heavy atom. The number of hydrogen-bond donors (Lipinski definition) is 1. The van der Waals surface area contributed by atoms with Crippen LogP contribution in [-0.2, 0) is 16.0 Å². The van der Waals surface area contributed by atoms with Crippen molar-refractivity contribution in [2.45, 2.75) is 52.6 Å². The van der Waals surface area contributed by atoms with Gasteiger partial charge in [0, 0.05) is 19.6 Å². The number of carbonyl (C=O) groups is 2. The number of unbranched alkanes of at least 4 members (excludes halogenated alkanes) is 2. The third-order valence-electron chi connectivity index (χ3n) is 5.20. The molecule has 0 spiro atoms. The summed E-state index contributed by atoms with van der Waals surface area (Å²) in [6.07, 6.45) is 2.05. The van der Waals surface area contributed by atoms with Crippen molar-refractivity contribution in [1.82, 2.24) is 4.90 Å². The number of carboxylic acids is 1. The zero-order chi connectivity index (χ0) is 24.1. The average Bonchev–Trinajstić information content (AvgIpc) is 2.80. The highest BCUT2D eigenvalue weighted by Gasteiger charge is 2.18. The number of para-hydroxylation sites is 1. The van der Waals surface area contributed by atoms with Crippen LogP contribution in [0.4, 0.5) is 4.79 Å². The van der Waals surface area contributed by atoms with Crippen molar-refractivity contribution in [3.05, 3.63) is 59.7 Å². The molecule has 0 aliphatic carbocycles. The largest absolute Gasteiger partial charge is 0.492 e. The van der Waals surface area contributed by atoms with E-state index in [-0.39, 0.29) is 6.09 Å². The number of amides is 1. The van der Waals surface area contributed by atoms with Crippen molar-refractivity contribution in [3.63, 3.8) is 0 Å². The SMILES string of the molecule is CCCCCN(CCOc1ccc(CC(OCC)C(=O)O)cc1)C(=O)Oc1ccccc1C. The Hall–Kier alpha value is -3.06. The third kappa shape index (κ3) is 9.14. The van der Waals surface area contributed by atoms with Crippen LogP contribution in [0.1, 0.15) is 44.2 Å². The van der Waals surface area contributed by atoms with Crippen molar-refractivity contribution in [3.8, 4) is 11.5 Å². The predicted molar refractivity (Wildman–Crippen MR) is 127 cm³/mol. The van der Waals surface area contributed by atoms with E-state index in [1.807, 2.05) is 37.3 Å². The van der Waals surface area contributed by atoms with Crippen LogP contribution in [0, 0.1) is 6.92 Å². The number of nitrogens with zero attached hydrogens (tertiary/aromatic N) is 1. The first-order valence-corrected chi connectivity index (χ1v) is 11.5. The van der Waals surface area contributed by atoms with Crippen LogP contribution in [0.5, 0.6) is 11.5 Å². The summed E-state index contributed by atoms with van der Waals surface area (Å²) in [4.78, 5) is 25.7. The fraction of sp³-hybridized carbons (Fsp3) is 0.462. The summed E-state index contributed by atoms with van der Waals surface area (Å²) in [7, 11) is 0. The topological polar surface area (TPSA) is 85.3 Å². The highest BCUT2D eigenvalue weighted by atomic mass is 16.6. The molecule has 180 valence electrons. The number of ether oxygens (including phenoxy) is 3. The molecule has 0 aromatic heterocycles. The number of hydrogen-bond acceptors (Lipinski definition) is 5. The summed E-state index contributed by atoms with van der Waals surface area (Å²) in [5.74, 6) is 0.243. The maximum atomic E-state index is 12.7. The minimum atomic E-state index is -0.974. The molecule has 2 rings (SSSR count). The lowest BCUT2D eigenvalue weighted by molar-refractivity contribution is -0.149. The summed E-state index contributed by atoms with van der Waals surface area (Å²) >= 11 is 0. The van der Waals surface area contributed by atoms with Crippen LogP contribution in [0.3, 0.4) is 0 Å². The zero-order valence-electron chi connectivity index (χ0n) is 19.8. The van der Waals surface area contributed by atoms with E-state index in [4.69, 9.17) is 14.2 Å². The highest BCUT2D eigenvalue weighted by Crippen LogP contribution is 2.18. The minimum Gasteiger partial charge on any atom is -0.492 e. The molecule has 0 bridgehead atoms. The summed E-state index contributed by atoms with van der Waals surface area (Å²) < 4.78 is 16.7. The molecule has 0 heterocycles. The van der Waals surface area contributed by atoms with Crippen LogP contribution in [0.25, 0.3) is 0 Å². The van der Waals surface area contributed by atoms with Gasteiger partial charge in [0.2, 0.25) is 0 Å². The Morgan fingerprint density at radius 1 is 1.00 bits per heavy atom. The first-order valence-electron chi connectivity index (χ1n) is 11.5. The Balaban J connectivity index is 1.90. The van der Waals surface area contributed by atoms with Crippen molar-refractivity contribution >= 4 is 12.1 Å². The molecular weight excluding hydrogens is 422 g/mol. The Morgan fingerprint density at radius 3 is 2.36 bits per heavy atom. The van der Waals surface area contributed by atoms with Gasteiger partial charge in [-0.3, -0.25) is 0 Å². The lowest BCUT2D eigenvalue weighted by Gasteiger charge is -2.22. The molecule has 2 aromatic carbocycles. The number of carboxylic acid groups (broad SMARTS) is 1. The van der Waals surface area contributed by atoms with Crippen LogP contribution < -0.4 is 9.47 Å². The zero-order valence-corrected chi connectivity index (χ0v) is 19.8. The molecule has 1 atom stereocenters. The van der Waals surface area contributed by atoms with Crippen LogP contribution in [-0.4, -0.2) is 54.5 Å². The van der Waals surface area contributed by atoms with Crippen molar-refractivity contribution < 1.29 is 28.9 Å². The van der Waals surface area contributed by atoms with E-state index in [0.717, 1.165) is 30.4 Å². The molecule has 0 radical (unpaired) electrons. The molecule has 0 fully saturated rings. The maximum absolute atomic E-state index is 12.7. The van der Waals surface area contributed by atoms with Gasteiger partial charge in [0.1, 0.15) is 18.1 Å². The lowest BCUT2D eigenvalue weighted by Crippen LogP contribution is -2.37. The smallest absolute Gasteiger partial charge is 0.415 e. The quantitative estimate of drug-likeness (QED) is 0.398. The molecule has 0 aliphatic heterocycles. The van der Waals surface area contributed by atoms with Crippen LogP contribution >= 0.6 is 0 Å². The number of benzene rings is 2. The second-order valence-electron chi connectivity index (χ2n) is 7.81. The van der Waals surface area contributed by atoms with E-state index < -0.39 is 12.1 Å². The monoisotopic (exact) mass is 457 g/mol. The molecule has 0 saturated heterocycles. The van der Waals surface area contributed by atoms with Crippen LogP contribution in [0.15, 0.2) is 48.5 Å². The van der Waals surface area contributed by atoms with Crippen molar-refractivity contribution in [1.29, 1.82) is 0 Å². The molecule has 1 unspecified atom stereocenters. The molecule has 33 heavy (non-hydrogen) atoms. The minimum absolute atomic E-state index is 0.291. The van der Waals surface area contributed by atoms with Crippen molar-refractivity contribution in [2.75, 3.05) is 26.3 Å². The normalized spacial score (nSPS) is 11.6. The highest BCUT2D eigenvalue weighted by molar-refractivity contribution is 5.72. The van der Waals surface area contributed by atoms with Gasteiger partial charge in [-0.1, -0.05) is 50.1 Å². The summed E-state index contributed by atoms with van der Waals surface area (Å²) in [5.41, 5.74) is 1.76. The summed E-state index contributed by atoms with van der Waals surface area (Å²) in [6.45, 7) is 7.48. The van der Waals surface area contributed by atoms with Gasteiger partial charge in [0.15, 0.2) is 6.10 Å².